The number of furan rings is 1. The molecule has 5 nitrogen and oxygen atoms in total. The molecule has 0 bridgehead atoms. The van der Waals surface area contributed by atoms with Gasteiger partial charge in [-0.05, 0) is 30.4 Å². The van der Waals surface area contributed by atoms with Crippen LogP contribution >= 0.6 is 12.4 Å². The molecular weight excluding hydrogens is 340 g/mol. The van der Waals surface area contributed by atoms with Crippen LogP contribution in [0.15, 0.2) is 41.2 Å². The van der Waals surface area contributed by atoms with Crippen LogP contribution in [0, 0.1) is 5.41 Å². The minimum atomic E-state index is -0.0481. The number of halogens is 1. The molecule has 2 heterocycles. The zero-order valence-electron chi connectivity index (χ0n) is 14.9. The summed E-state index contributed by atoms with van der Waals surface area (Å²) >= 11 is 0. The van der Waals surface area contributed by atoms with Crippen molar-refractivity contribution in [1.82, 2.24) is 9.55 Å². The summed E-state index contributed by atoms with van der Waals surface area (Å²) < 4.78 is 13.5. The fraction of sp³-hybridized carbons (Fsp3) is 0.421. The lowest BCUT2D eigenvalue weighted by Crippen LogP contribution is -2.17. The molecule has 3 rings (SSSR count). The van der Waals surface area contributed by atoms with Crippen LogP contribution in [0.3, 0.4) is 0 Å². The van der Waals surface area contributed by atoms with Gasteiger partial charge < -0.3 is 18.8 Å². The molecule has 25 heavy (non-hydrogen) atoms. The van der Waals surface area contributed by atoms with Crippen molar-refractivity contribution in [2.24, 2.45) is 5.41 Å². The first-order chi connectivity index (χ1) is 11.5. The van der Waals surface area contributed by atoms with Crippen LogP contribution in [0.5, 0.6) is 5.75 Å². The smallest absolute Gasteiger partial charge is 0.176 e. The third-order valence-electron chi connectivity index (χ3n) is 4.37. The maximum Gasteiger partial charge on any atom is 0.176 e. The second-order valence-corrected chi connectivity index (χ2v) is 6.89. The number of nitrogens with zero attached hydrogens (tertiary/aromatic N) is 2. The van der Waals surface area contributed by atoms with Gasteiger partial charge in [0.15, 0.2) is 17.1 Å². The monoisotopic (exact) mass is 364 g/mol. The van der Waals surface area contributed by atoms with Crippen LogP contribution in [0.1, 0.15) is 26.7 Å². The molecule has 0 spiro atoms. The van der Waals surface area contributed by atoms with Gasteiger partial charge in [0.25, 0.3) is 0 Å². The lowest BCUT2D eigenvalue weighted by Gasteiger charge is -2.21. The van der Waals surface area contributed by atoms with E-state index < -0.39 is 0 Å². The zero-order valence-corrected chi connectivity index (χ0v) is 15.7. The van der Waals surface area contributed by atoms with Crippen molar-refractivity contribution in [3.05, 3.63) is 36.8 Å². The van der Waals surface area contributed by atoms with E-state index in [1.165, 1.54) is 0 Å². The summed E-state index contributed by atoms with van der Waals surface area (Å²) in [6.45, 7) is 5.20. The molecule has 0 aliphatic rings. The van der Waals surface area contributed by atoms with Crippen molar-refractivity contribution in [2.75, 3.05) is 13.7 Å². The van der Waals surface area contributed by atoms with E-state index in [2.05, 4.69) is 23.4 Å². The zero-order chi connectivity index (χ0) is 17.2. The second-order valence-electron chi connectivity index (χ2n) is 6.89. The first-order valence-electron chi connectivity index (χ1n) is 8.22. The Labute approximate surface area is 154 Å². The quantitative estimate of drug-likeness (QED) is 0.669. The second kappa shape index (κ2) is 7.93. The van der Waals surface area contributed by atoms with Gasteiger partial charge in [0, 0.05) is 18.5 Å². The molecule has 0 amide bonds. The van der Waals surface area contributed by atoms with Crippen molar-refractivity contribution < 1.29 is 14.3 Å². The Hall–Kier alpha value is -1.98. The van der Waals surface area contributed by atoms with Crippen molar-refractivity contribution in [2.45, 2.75) is 33.2 Å². The van der Waals surface area contributed by atoms with E-state index in [1.54, 1.807) is 7.11 Å². The van der Waals surface area contributed by atoms with Crippen molar-refractivity contribution in [3.8, 4) is 17.2 Å². The fourth-order valence-corrected chi connectivity index (χ4v) is 2.83. The van der Waals surface area contributed by atoms with E-state index in [9.17, 15) is 5.11 Å². The van der Waals surface area contributed by atoms with E-state index >= 15 is 0 Å². The first kappa shape index (κ1) is 19.3. The number of rotatable bonds is 7. The maximum absolute atomic E-state index is 9.37. The van der Waals surface area contributed by atoms with Gasteiger partial charge in [-0.3, -0.25) is 0 Å². The van der Waals surface area contributed by atoms with Crippen LogP contribution in [0.2, 0.25) is 0 Å². The van der Waals surface area contributed by atoms with Gasteiger partial charge in [0.2, 0.25) is 0 Å². The largest absolute Gasteiger partial charge is 0.493 e. The molecule has 0 aliphatic heterocycles. The Morgan fingerprint density at radius 3 is 2.84 bits per heavy atom. The molecule has 1 N–H and O–H groups in total. The number of aromatic nitrogens is 2. The first-order valence-corrected chi connectivity index (χ1v) is 8.22. The predicted octanol–water partition coefficient (Wildman–Crippen LogP) is 4.53. The Bertz CT molecular complexity index is 823. The fourth-order valence-electron chi connectivity index (χ4n) is 2.83. The molecular formula is C19H25ClN2O3. The molecule has 3 aromatic rings. The highest BCUT2D eigenvalue weighted by molar-refractivity contribution is 5.87. The Kier molecular flexibility index (Phi) is 6.14. The lowest BCUT2D eigenvalue weighted by molar-refractivity contribution is 0.146. The summed E-state index contributed by atoms with van der Waals surface area (Å²) in [7, 11) is 1.64. The summed E-state index contributed by atoms with van der Waals surface area (Å²) in [4.78, 5) is 4.27. The van der Waals surface area contributed by atoms with Gasteiger partial charge in [0.1, 0.15) is 5.69 Å². The van der Waals surface area contributed by atoms with E-state index in [0.29, 0.717) is 0 Å². The van der Waals surface area contributed by atoms with E-state index in [1.807, 2.05) is 36.8 Å². The van der Waals surface area contributed by atoms with Crippen molar-refractivity contribution >= 4 is 23.4 Å². The molecule has 136 valence electrons. The topological polar surface area (TPSA) is 60.4 Å². The number of hydrogen-bond acceptors (Lipinski definition) is 4. The SMILES string of the molecule is COc1cccc2cc(-c3cncn3CCCC(C)(C)CO)oc12.Cl. The minimum absolute atomic E-state index is 0. The van der Waals surface area contributed by atoms with Gasteiger partial charge in [-0.25, -0.2) is 4.98 Å². The molecule has 0 unspecified atom stereocenters. The molecule has 1 aromatic carbocycles. The van der Waals surface area contributed by atoms with Crippen LogP contribution in [0.4, 0.5) is 0 Å². The van der Waals surface area contributed by atoms with Crippen molar-refractivity contribution in [3.63, 3.8) is 0 Å². The summed E-state index contributed by atoms with van der Waals surface area (Å²) in [5.41, 5.74) is 1.66. The number of aliphatic hydroxyl groups is 1. The number of aryl methyl sites for hydroxylation is 1. The number of para-hydroxylation sites is 1. The number of fused-ring (bicyclic) bond motifs is 1. The van der Waals surface area contributed by atoms with Crippen LogP contribution in [-0.4, -0.2) is 28.4 Å². The van der Waals surface area contributed by atoms with Gasteiger partial charge in [-0.1, -0.05) is 26.0 Å². The van der Waals surface area contributed by atoms with E-state index in [4.69, 9.17) is 9.15 Å². The Balaban J connectivity index is 0.00000225. The van der Waals surface area contributed by atoms with Gasteiger partial charge >= 0.3 is 0 Å². The van der Waals surface area contributed by atoms with E-state index in [0.717, 1.165) is 47.6 Å². The maximum atomic E-state index is 9.37. The average molecular weight is 365 g/mol. The molecule has 0 fully saturated rings. The molecule has 0 atom stereocenters. The molecule has 6 heteroatoms. The normalized spacial score (nSPS) is 11.5. The van der Waals surface area contributed by atoms with Gasteiger partial charge in [-0.2, -0.15) is 0 Å². The third kappa shape index (κ3) is 4.17. The summed E-state index contributed by atoms with van der Waals surface area (Å²) in [5, 5.41) is 10.4. The van der Waals surface area contributed by atoms with Crippen LogP contribution < -0.4 is 4.74 Å². The number of hydrogen-bond donors (Lipinski definition) is 1. The lowest BCUT2D eigenvalue weighted by atomic mass is 9.89. The van der Waals surface area contributed by atoms with E-state index in [-0.39, 0.29) is 24.4 Å². The molecule has 0 radical (unpaired) electrons. The summed E-state index contributed by atoms with van der Waals surface area (Å²) in [6.07, 6.45) is 5.57. The van der Waals surface area contributed by atoms with Gasteiger partial charge in [-0.15, -0.1) is 12.4 Å². The highest BCUT2D eigenvalue weighted by Crippen LogP contribution is 2.33. The molecule has 0 saturated heterocycles. The third-order valence-corrected chi connectivity index (χ3v) is 4.37. The Morgan fingerprint density at radius 1 is 1.32 bits per heavy atom. The summed E-state index contributed by atoms with van der Waals surface area (Å²) in [5.74, 6) is 1.52. The van der Waals surface area contributed by atoms with Gasteiger partial charge in [0.05, 0.1) is 19.6 Å². The number of methoxy groups -OCH3 is 1. The van der Waals surface area contributed by atoms with Crippen LogP contribution in [0.25, 0.3) is 22.4 Å². The highest BCUT2D eigenvalue weighted by atomic mass is 35.5. The van der Waals surface area contributed by atoms with Crippen LogP contribution in [-0.2, 0) is 6.54 Å². The number of imidazole rings is 1. The highest BCUT2D eigenvalue weighted by Gasteiger charge is 2.17. The standard InChI is InChI=1S/C19H24N2O3.ClH/c1-19(2,12-22)8-5-9-21-13-20-11-15(21)17-10-14-6-4-7-16(23-3)18(14)24-17;/h4,6-7,10-11,13,22H,5,8-9,12H2,1-3H3;1H. The molecule has 0 saturated carbocycles. The molecule has 2 aromatic heterocycles. The average Bonchev–Trinajstić information content (AvgIpc) is 3.20. The number of ether oxygens (including phenoxy) is 1. The number of aliphatic hydroxyl groups excluding tert-OH is 1. The number of benzene rings is 1. The summed E-state index contributed by atoms with van der Waals surface area (Å²) in [6, 6.07) is 7.87. The van der Waals surface area contributed by atoms with Crippen molar-refractivity contribution in [1.29, 1.82) is 0 Å². The molecule has 0 aliphatic carbocycles. The predicted molar refractivity (Wildman–Crippen MR) is 101 cm³/mol. The Morgan fingerprint density at radius 2 is 2.12 bits per heavy atom. The minimum Gasteiger partial charge on any atom is -0.493 e.